The van der Waals surface area contributed by atoms with Crippen LogP contribution in [0.15, 0.2) is 78.3 Å². The lowest BCUT2D eigenvalue weighted by molar-refractivity contribution is 0.885. The maximum atomic E-state index is 9.81. The molecule has 0 atom stereocenters. The Labute approximate surface area is 171 Å². The first kappa shape index (κ1) is 17.2. The average molecular weight is 393 g/mol. The first-order chi connectivity index (χ1) is 14.3. The van der Waals surface area contributed by atoms with E-state index in [9.17, 15) is 5.26 Å². The molecule has 0 radical (unpaired) electrons. The van der Waals surface area contributed by atoms with Gasteiger partial charge in [0.05, 0.1) is 27.2 Å². The highest BCUT2D eigenvalue weighted by atomic mass is 32.1. The molecule has 0 aliphatic carbocycles. The van der Waals surface area contributed by atoms with Crippen molar-refractivity contribution in [1.82, 2.24) is 19.7 Å². The van der Waals surface area contributed by atoms with Crippen LogP contribution >= 0.6 is 11.3 Å². The highest BCUT2D eigenvalue weighted by Crippen LogP contribution is 2.30. The number of hydrogen-bond donors (Lipinski definition) is 1. The van der Waals surface area contributed by atoms with Crippen LogP contribution in [0.1, 0.15) is 11.4 Å². The minimum Gasteiger partial charge on any atom is -0.337 e. The molecule has 29 heavy (non-hydrogen) atoms. The summed E-state index contributed by atoms with van der Waals surface area (Å²) in [7, 11) is 0. The minimum atomic E-state index is 0.464. The number of allylic oxidation sites excluding steroid dienone is 1. The van der Waals surface area contributed by atoms with Gasteiger partial charge in [0, 0.05) is 11.8 Å². The summed E-state index contributed by atoms with van der Waals surface area (Å²) >= 11 is 1.62. The predicted octanol–water partition coefficient (Wildman–Crippen LogP) is 5.54. The van der Waals surface area contributed by atoms with Crippen LogP contribution in [0.3, 0.4) is 0 Å². The molecule has 0 saturated carbocycles. The number of nitrogens with one attached hydrogen (secondary N) is 1. The van der Waals surface area contributed by atoms with Gasteiger partial charge in [-0.25, -0.2) is 9.67 Å². The number of aromatic amines is 1. The van der Waals surface area contributed by atoms with E-state index in [0.717, 1.165) is 32.9 Å². The molecule has 0 spiro atoms. The van der Waals surface area contributed by atoms with Crippen LogP contribution in [-0.2, 0) is 0 Å². The topological polar surface area (TPSA) is 70.3 Å². The fourth-order valence-corrected chi connectivity index (χ4v) is 3.93. The maximum Gasteiger partial charge on any atom is 0.149 e. The summed E-state index contributed by atoms with van der Waals surface area (Å²) in [6.45, 7) is 0. The van der Waals surface area contributed by atoms with Gasteiger partial charge in [-0.2, -0.15) is 10.4 Å². The average Bonchev–Trinajstić information content (AvgIpc) is 3.51. The Morgan fingerprint density at radius 3 is 2.62 bits per heavy atom. The third kappa shape index (κ3) is 3.24. The van der Waals surface area contributed by atoms with E-state index in [-0.39, 0.29) is 0 Å². The molecular formula is C23H15N5S. The largest absolute Gasteiger partial charge is 0.337 e. The molecule has 0 aliphatic heterocycles. The van der Waals surface area contributed by atoms with Crippen molar-refractivity contribution in [1.29, 1.82) is 5.26 Å². The number of fused-ring (bicyclic) bond motifs is 1. The van der Waals surface area contributed by atoms with Crippen LogP contribution in [0.4, 0.5) is 0 Å². The second kappa shape index (κ2) is 7.23. The Balaban J connectivity index is 1.65. The summed E-state index contributed by atoms with van der Waals surface area (Å²) in [5.41, 5.74) is 4.88. The van der Waals surface area contributed by atoms with Gasteiger partial charge in [0.1, 0.15) is 17.6 Å². The molecule has 0 saturated heterocycles. The molecule has 0 bridgehead atoms. The summed E-state index contributed by atoms with van der Waals surface area (Å²) in [6, 6.07) is 24.0. The number of benzene rings is 2. The molecule has 5 nitrogen and oxygen atoms in total. The second-order valence-electron chi connectivity index (χ2n) is 6.46. The number of nitrogens with zero attached hydrogens (tertiary/aromatic N) is 4. The Morgan fingerprint density at radius 2 is 1.86 bits per heavy atom. The SMILES string of the molecule is N#C/C(=C/c1cn(-c2ccccc2)nc1-c1cccs1)c1nc2ccccc2[nH]1. The third-order valence-corrected chi connectivity index (χ3v) is 5.46. The smallest absolute Gasteiger partial charge is 0.149 e. The molecule has 0 amide bonds. The van der Waals surface area contributed by atoms with E-state index in [1.165, 1.54) is 0 Å². The molecule has 5 aromatic rings. The highest BCUT2D eigenvalue weighted by Gasteiger charge is 2.14. The molecule has 0 unspecified atom stereocenters. The van der Waals surface area contributed by atoms with Gasteiger partial charge in [0.15, 0.2) is 0 Å². The van der Waals surface area contributed by atoms with Gasteiger partial charge in [-0.3, -0.25) is 0 Å². The summed E-state index contributed by atoms with van der Waals surface area (Å²) in [5.74, 6) is 0.554. The molecule has 138 valence electrons. The first-order valence-corrected chi connectivity index (χ1v) is 9.96. The van der Waals surface area contributed by atoms with Gasteiger partial charge in [-0.1, -0.05) is 36.4 Å². The molecule has 5 rings (SSSR count). The van der Waals surface area contributed by atoms with Gasteiger partial charge in [0.2, 0.25) is 0 Å². The van der Waals surface area contributed by atoms with E-state index in [2.05, 4.69) is 16.0 Å². The van der Waals surface area contributed by atoms with Crippen LogP contribution in [0.2, 0.25) is 0 Å². The van der Waals surface area contributed by atoms with E-state index < -0.39 is 0 Å². The molecule has 3 aromatic heterocycles. The quantitative estimate of drug-likeness (QED) is 0.408. The summed E-state index contributed by atoms with van der Waals surface area (Å²) in [5, 5.41) is 16.6. The molecule has 0 fully saturated rings. The van der Waals surface area contributed by atoms with Crippen molar-refractivity contribution in [3.8, 4) is 22.3 Å². The van der Waals surface area contributed by atoms with Crippen molar-refractivity contribution in [2.45, 2.75) is 0 Å². The lowest BCUT2D eigenvalue weighted by atomic mass is 10.1. The molecule has 3 heterocycles. The first-order valence-electron chi connectivity index (χ1n) is 9.08. The summed E-state index contributed by atoms with van der Waals surface area (Å²) in [6.07, 6.45) is 3.80. The molecular weight excluding hydrogens is 378 g/mol. The highest BCUT2D eigenvalue weighted by molar-refractivity contribution is 7.13. The van der Waals surface area contributed by atoms with Gasteiger partial charge < -0.3 is 4.98 Å². The van der Waals surface area contributed by atoms with Crippen molar-refractivity contribution in [2.75, 3.05) is 0 Å². The zero-order chi connectivity index (χ0) is 19.6. The van der Waals surface area contributed by atoms with Crippen LogP contribution in [0.5, 0.6) is 0 Å². The monoisotopic (exact) mass is 393 g/mol. The molecule has 6 heteroatoms. The van der Waals surface area contributed by atoms with Crippen molar-refractivity contribution in [3.05, 3.63) is 89.7 Å². The van der Waals surface area contributed by atoms with Crippen molar-refractivity contribution in [3.63, 3.8) is 0 Å². The lowest BCUT2D eigenvalue weighted by Gasteiger charge is -1.99. The number of hydrogen-bond acceptors (Lipinski definition) is 4. The standard InChI is InChI=1S/C23H15N5S/c24-14-16(23-25-19-9-4-5-10-20(19)26-23)13-17-15-28(18-7-2-1-3-8-18)27-22(17)21-11-6-12-29-21/h1-13,15H,(H,25,26)/b16-13-. The van der Waals surface area contributed by atoms with E-state index in [1.54, 1.807) is 11.3 Å². The van der Waals surface area contributed by atoms with E-state index in [0.29, 0.717) is 11.4 Å². The number of nitriles is 1. The van der Waals surface area contributed by atoms with Crippen molar-refractivity contribution in [2.24, 2.45) is 0 Å². The Bertz CT molecular complexity index is 1320. The number of aromatic nitrogens is 4. The molecule has 0 aliphatic rings. The zero-order valence-electron chi connectivity index (χ0n) is 15.3. The normalized spacial score (nSPS) is 11.6. The molecule has 1 N–H and O–H groups in total. The number of imidazole rings is 1. The Morgan fingerprint density at radius 1 is 1.03 bits per heavy atom. The number of rotatable bonds is 4. The lowest BCUT2D eigenvalue weighted by Crippen LogP contribution is -1.93. The van der Waals surface area contributed by atoms with Crippen LogP contribution in [0, 0.1) is 11.3 Å². The Hall–Kier alpha value is -3.95. The number of thiophene rings is 1. The molecule has 2 aromatic carbocycles. The van der Waals surface area contributed by atoms with E-state index in [1.807, 2.05) is 89.1 Å². The van der Waals surface area contributed by atoms with Crippen LogP contribution < -0.4 is 0 Å². The van der Waals surface area contributed by atoms with Crippen LogP contribution in [0.25, 0.3) is 38.9 Å². The number of para-hydroxylation sites is 3. The van der Waals surface area contributed by atoms with Gasteiger partial charge in [0.25, 0.3) is 0 Å². The maximum absolute atomic E-state index is 9.81. The third-order valence-electron chi connectivity index (χ3n) is 4.58. The van der Waals surface area contributed by atoms with Gasteiger partial charge >= 0.3 is 0 Å². The summed E-state index contributed by atoms with van der Waals surface area (Å²) < 4.78 is 1.84. The van der Waals surface area contributed by atoms with Gasteiger partial charge in [-0.15, -0.1) is 11.3 Å². The fourth-order valence-electron chi connectivity index (χ4n) is 3.20. The van der Waals surface area contributed by atoms with E-state index in [4.69, 9.17) is 5.10 Å². The van der Waals surface area contributed by atoms with Gasteiger partial charge in [-0.05, 0) is 41.8 Å². The minimum absolute atomic E-state index is 0.464. The summed E-state index contributed by atoms with van der Waals surface area (Å²) in [4.78, 5) is 8.85. The second-order valence-corrected chi connectivity index (χ2v) is 7.41. The van der Waals surface area contributed by atoms with Crippen molar-refractivity contribution >= 4 is 34.0 Å². The van der Waals surface area contributed by atoms with Crippen LogP contribution in [-0.4, -0.2) is 19.7 Å². The van der Waals surface area contributed by atoms with Crippen molar-refractivity contribution < 1.29 is 0 Å². The number of H-pyrrole nitrogens is 1. The zero-order valence-corrected chi connectivity index (χ0v) is 16.1. The predicted molar refractivity (Wildman–Crippen MR) is 116 cm³/mol. The fraction of sp³-hybridized carbons (Fsp3) is 0. The Kier molecular flexibility index (Phi) is 4.28. The van der Waals surface area contributed by atoms with E-state index >= 15 is 0 Å².